The molecule has 1 heterocycles. The molecule has 2 fully saturated rings. The third kappa shape index (κ3) is 3.61. The molecule has 0 aromatic heterocycles. The molecule has 3 amide bonds. The van der Waals surface area contributed by atoms with Crippen LogP contribution in [0.3, 0.4) is 0 Å². The number of fused-ring (bicyclic) bond motifs is 5. The van der Waals surface area contributed by atoms with Gasteiger partial charge in [0.25, 0.3) is 5.91 Å². The first-order valence-electron chi connectivity index (χ1n) is 11.4. The minimum atomic E-state index is -0.656. The molecular weight excluding hydrogens is 432 g/mol. The molecular formula is C27H26N2O5. The lowest BCUT2D eigenvalue weighted by molar-refractivity contribution is -0.123. The Bertz CT molecular complexity index is 1250. The van der Waals surface area contributed by atoms with E-state index < -0.39 is 18.5 Å². The molecule has 2 aromatic rings. The molecule has 2 aliphatic carbocycles. The molecule has 4 atom stereocenters. The van der Waals surface area contributed by atoms with Gasteiger partial charge in [0, 0.05) is 5.69 Å². The fourth-order valence-corrected chi connectivity index (χ4v) is 5.55. The van der Waals surface area contributed by atoms with Crippen LogP contribution in [0.25, 0.3) is 0 Å². The molecule has 0 spiro atoms. The number of ether oxygens (including phenoxy) is 1. The van der Waals surface area contributed by atoms with Gasteiger partial charge in [-0.25, -0.2) is 4.79 Å². The number of nitrogens with one attached hydrogen (secondary N) is 1. The molecule has 7 nitrogen and oxygen atoms in total. The number of hydrogen-bond acceptors (Lipinski definition) is 5. The van der Waals surface area contributed by atoms with Crippen molar-refractivity contribution in [3.63, 3.8) is 0 Å². The fraction of sp³-hybridized carbons (Fsp3) is 0.333. The van der Waals surface area contributed by atoms with E-state index in [2.05, 4.69) is 11.4 Å². The van der Waals surface area contributed by atoms with Gasteiger partial charge in [0.05, 0.1) is 23.1 Å². The zero-order chi connectivity index (χ0) is 24.1. The van der Waals surface area contributed by atoms with Crippen molar-refractivity contribution in [3.8, 4) is 0 Å². The predicted molar refractivity (Wildman–Crippen MR) is 126 cm³/mol. The molecule has 3 aliphatic rings. The molecule has 0 radical (unpaired) electrons. The maximum absolute atomic E-state index is 13.1. The summed E-state index contributed by atoms with van der Waals surface area (Å²) < 4.78 is 5.14. The number of carbonyl (C=O) groups excluding carboxylic acids is 4. The third-order valence-electron chi connectivity index (χ3n) is 7.24. The summed E-state index contributed by atoms with van der Waals surface area (Å²) in [7, 11) is 0. The summed E-state index contributed by atoms with van der Waals surface area (Å²) in [5.74, 6) is -1.67. The Morgan fingerprint density at radius 1 is 1.00 bits per heavy atom. The van der Waals surface area contributed by atoms with Crippen molar-refractivity contribution < 1.29 is 23.9 Å². The van der Waals surface area contributed by atoms with Gasteiger partial charge in [-0.2, -0.15) is 0 Å². The molecule has 34 heavy (non-hydrogen) atoms. The third-order valence-corrected chi connectivity index (χ3v) is 7.24. The number of aryl methyl sites for hydroxylation is 2. The Hall–Kier alpha value is -3.74. The van der Waals surface area contributed by atoms with Gasteiger partial charge in [0.2, 0.25) is 11.8 Å². The summed E-state index contributed by atoms with van der Waals surface area (Å²) in [6.07, 6.45) is 3.02. The zero-order valence-corrected chi connectivity index (χ0v) is 19.3. The van der Waals surface area contributed by atoms with Gasteiger partial charge in [-0.05, 0) is 80.5 Å². The SMILES string of the molecule is CC1=C[C@H]2C[C@H]1[C@@H]1C(=O)N(c3ccc(C(=O)OCC(=O)Nc4cc(C)ccc4C)cc3)C(=O)[C@@H]12. The normalized spacial score (nSPS) is 24.8. The number of hydrogen-bond donors (Lipinski definition) is 1. The number of nitrogens with zero attached hydrogens (tertiary/aromatic N) is 1. The number of anilines is 2. The molecule has 2 bridgehead atoms. The van der Waals surface area contributed by atoms with E-state index in [1.807, 2.05) is 39.0 Å². The second-order valence-electron chi connectivity index (χ2n) is 9.47. The van der Waals surface area contributed by atoms with Gasteiger partial charge < -0.3 is 10.1 Å². The number of rotatable bonds is 5. The number of esters is 1. The summed E-state index contributed by atoms with van der Waals surface area (Å²) in [5.41, 5.74) is 4.49. The average molecular weight is 459 g/mol. The molecule has 1 aliphatic heterocycles. The highest BCUT2D eigenvalue weighted by Crippen LogP contribution is 2.55. The van der Waals surface area contributed by atoms with Gasteiger partial charge in [0.1, 0.15) is 0 Å². The summed E-state index contributed by atoms with van der Waals surface area (Å²) in [5, 5.41) is 2.75. The van der Waals surface area contributed by atoms with Crippen LogP contribution in [0.5, 0.6) is 0 Å². The Kier molecular flexibility index (Phi) is 5.35. The minimum Gasteiger partial charge on any atom is -0.452 e. The highest BCUT2D eigenvalue weighted by Gasteiger charge is 2.60. The lowest BCUT2D eigenvalue weighted by Crippen LogP contribution is -2.33. The van der Waals surface area contributed by atoms with Gasteiger partial charge in [-0.3, -0.25) is 19.3 Å². The van der Waals surface area contributed by atoms with Crippen molar-refractivity contribution in [2.45, 2.75) is 27.2 Å². The van der Waals surface area contributed by atoms with E-state index in [0.29, 0.717) is 11.4 Å². The van der Waals surface area contributed by atoms with Crippen LogP contribution in [-0.4, -0.2) is 30.3 Å². The number of amides is 3. The predicted octanol–water partition coefficient (Wildman–Crippen LogP) is 3.80. The van der Waals surface area contributed by atoms with Gasteiger partial charge >= 0.3 is 5.97 Å². The number of benzene rings is 2. The van der Waals surface area contributed by atoms with Crippen LogP contribution in [0.15, 0.2) is 54.1 Å². The van der Waals surface area contributed by atoms with E-state index in [-0.39, 0.29) is 41.0 Å². The molecule has 1 saturated carbocycles. The summed E-state index contributed by atoms with van der Waals surface area (Å²) in [4.78, 5) is 52.0. The Morgan fingerprint density at radius 3 is 2.44 bits per heavy atom. The van der Waals surface area contributed by atoms with E-state index in [9.17, 15) is 19.2 Å². The standard InChI is InChI=1S/C27H26N2O5/c1-14-4-5-15(2)21(10-14)28-22(30)13-34-27(33)17-6-8-19(9-7-17)29-25(31)23-18-11-16(3)20(12-18)24(23)26(29)32/h4-11,18,20,23-24H,12-13H2,1-3H3,(H,28,30)/t18-,20+,23+,24-/m0/s1. The first kappa shape index (κ1) is 22.1. The van der Waals surface area contributed by atoms with Crippen LogP contribution >= 0.6 is 0 Å². The highest BCUT2D eigenvalue weighted by atomic mass is 16.5. The smallest absolute Gasteiger partial charge is 0.338 e. The zero-order valence-electron chi connectivity index (χ0n) is 19.3. The van der Waals surface area contributed by atoms with Crippen molar-refractivity contribution in [3.05, 3.63) is 70.8 Å². The lowest BCUT2D eigenvalue weighted by atomic mass is 9.82. The van der Waals surface area contributed by atoms with E-state index in [0.717, 1.165) is 17.5 Å². The monoisotopic (exact) mass is 458 g/mol. The number of carbonyl (C=O) groups is 4. The van der Waals surface area contributed by atoms with Gasteiger partial charge in [0.15, 0.2) is 6.61 Å². The van der Waals surface area contributed by atoms with Crippen LogP contribution in [0.1, 0.15) is 34.8 Å². The minimum absolute atomic E-state index is 0.139. The van der Waals surface area contributed by atoms with Gasteiger partial charge in [-0.1, -0.05) is 23.8 Å². The fourth-order valence-electron chi connectivity index (χ4n) is 5.55. The topological polar surface area (TPSA) is 92.8 Å². The highest BCUT2D eigenvalue weighted by molar-refractivity contribution is 6.23. The van der Waals surface area contributed by atoms with Crippen molar-refractivity contribution in [1.29, 1.82) is 0 Å². The maximum Gasteiger partial charge on any atom is 0.338 e. The second-order valence-corrected chi connectivity index (χ2v) is 9.47. The molecule has 7 heteroatoms. The Balaban J connectivity index is 1.21. The summed E-state index contributed by atoms with van der Waals surface area (Å²) in [6.45, 7) is 5.42. The van der Waals surface area contributed by atoms with Crippen LogP contribution in [-0.2, 0) is 19.1 Å². The van der Waals surface area contributed by atoms with Crippen LogP contribution in [0, 0.1) is 37.5 Å². The Labute approximate surface area is 197 Å². The van der Waals surface area contributed by atoms with E-state index in [1.165, 1.54) is 22.6 Å². The van der Waals surface area contributed by atoms with E-state index in [1.54, 1.807) is 12.1 Å². The largest absolute Gasteiger partial charge is 0.452 e. The van der Waals surface area contributed by atoms with Crippen molar-refractivity contribution in [1.82, 2.24) is 0 Å². The molecule has 2 aromatic carbocycles. The van der Waals surface area contributed by atoms with Crippen molar-refractivity contribution in [2.75, 3.05) is 16.8 Å². The number of imide groups is 1. The summed E-state index contributed by atoms with van der Waals surface area (Å²) >= 11 is 0. The second kappa shape index (κ2) is 8.24. The molecule has 174 valence electrons. The number of allylic oxidation sites excluding steroid dienone is 2. The van der Waals surface area contributed by atoms with Crippen LogP contribution in [0.2, 0.25) is 0 Å². The lowest BCUT2D eigenvalue weighted by Gasteiger charge is -2.19. The molecule has 5 rings (SSSR count). The van der Waals surface area contributed by atoms with Gasteiger partial charge in [-0.15, -0.1) is 0 Å². The van der Waals surface area contributed by atoms with Crippen LogP contribution in [0.4, 0.5) is 11.4 Å². The average Bonchev–Trinajstić information content (AvgIpc) is 3.45. The molecule has 1 N–H and O–H groups in total. The first-order chi connectivity index (χ1) is 16.2. The van der Waals surface area contributed by atoms with E-state index in [4.69, 9.17) is 4.74 Å². The van der Waals surface area contributed by atoms with Crippen LogP contribution < -0.4 is 10.2 Å². The summed E-state index contributed by atoms with van der Waals surface area (Å²) in [6, 6.07) is 11.9. The molecule has 1 saturated heterocycles. The van der Waals surface area contributed by atoms with Crippen molar-refractivity contribution in [2.24, 2.45) is 23.7 Å². The Morgan fingerprint density at radius 2 is 1.71 bits per heavy atom. The van der Waals surface area contributed by atoms with E-state index >= 15 is 0 Å². The van der Waals surface area contributed by atoms with Crippen molar-refractivity contribution >= 4 is 35.1 Å². The quantitative estimate of drug-likeness (QED) is 0.418. The first-order valence-corrected chi connectivity index (χ1v) is 11.4. The maximum atomic E-state index is 13.1. The molecule has 0 unspecified atom stereocenters.